The molecule has 2 nitrogen and oxygen atoms in total. The first-order valence-corrected chi connectivity index (χ1v) is 6.38. The van der Waals surface area contributed by atoms with E-state index in [9.17, 15) is 0 Å². The lowest BCUT2D eigenvalue weighted by atomic mass is 10.1. The van der Waals surface area contributed by atoms with Crippen molar-refractivity contribution in [3.8, 4) is 0 Å². The summed E-state index contributed by atoms with van der Waals surface area (Å²) in [6.07, 6.45) is 3.76. The Labute approximate surface area is 103 Å². The van der Waals surface area contributed by atoms with Crippen LogP contribution in [0.25, 0.3) is 10.8 Å². The molecule has 2 heteroatoms. The van der Waals surface area contributed by atoms with Crippen LogP contribution in [0.5, 0.6) is 0 Å². The lowest BCUT2D eigenvalue weighted by molar-refractivity contribution is 0.662. The van der Waals surface area contributed by atoms with Crippen molar-refractivity contribution in [3.63, 3.8) is 0 Å². The standard InChI is InChI=1S/C15H20N2/c1-2-3-6-12-16-17-15-11-7-9-13-8-4-5-10-14(13)15/h4-5,7-11,16-17H,2-3,6,12H2,1H3. The number of nitrogens with one attached hydrogen (secondary N) is 2. The summed E-state index contributed by atoms with van der Waals surface area (Å²) in [7, 11) is 0. The minimum atomic E-state index is 1.01. The zero-order chi connectivity index (χ0) is 11.9. The van der Waals surface area contributed by atoms with Gasteiger partial charge in [-0.05, 0) is 17.9 Å². The average molecular weight is 228 g/mol. The highest BCUT2D eigenvalue weighted by molar-refractivity contribution is 5.93. The molecule has 0 fully saturated rings. The van der Waals surface area contributed by atoms with Crippen LogP contribution in [0.1, 0.15) is 26.2 Å². The Bertz CT molecular complexity index is 460. The van der Waals surface area contributed by atoms with Crippen molar-refractivity contribution >= 4 is 16.5 Å². The van der Waals surface area contributed by atoms with Crippen molar-refractivity contribution in [1.82, 2.24) is 5.43 Å². The maximum absolute atomic E-state index is 3.30. The Morgan fingerprint density at radius 3 is 2.65 bits per heavy atom. The molecule has 0 saturated carbocycles. The molecule has 0 aromatic heterocycles. The van der Waals surface area contributed by atoms with E-state index in [1.54, 1.807) is 0 Å². The van der Waals surface area contributed by atoms with Crippen LogP contribution in [-0.4, -0.2) is 6.54 Å². The maximum atomic E-state index is 3.30. The summed E-state index contributed by atoms with van der Waals surface area (Å²) in [5.41, 5.74) is 7.73. The molecule has 0 heterocycles. The topological polar surface area (TPSA) is 24.1 Å². The molecule has 0 unspecified atom stereocenters. The van der Waals surface area contributed by atoms with Crippen LogP contribution < -0.4 is 10.9 Å². The number of benzene rings is 2. The molecule has 17 heavy (non-hydrogen) atoms. The Morgan fingerprint density at radius 1 is 0.941 bits per heavy atom. The Kier molecular flexibility index (Phi) is 4.39. The monoisotopic (exact) mass is 228 g/mol. The molecule has 0 radical (unpaired) electrons. The summed E-state index contributed by atoms with van der Waals surface area (Å²) in [6.45, 7) is 3.23. The molecule has 2 aromatic rings. The van der Waals surface area contributed by atoms with Gasteiger partial charge < -0.3 is 5.43 Å². The van der Waals surface area contributed by atoms with Crippen LogP contribution in [0.4, 0.5) is 5.69 Å². The van der Waals surface area contributed by atoms with Crippen molar-refractivity contribution in [1.29, 1.82) is 0 Å². The molecule has 0 aliphatic carbocycles. The van der Waals surface area contributed by atoms with Crippen molar-refractivity contribution in [3.05, 3.63) is 42.5 Å². The second-order valence-electron chi connectivity index (χ2n) is 4.29. The van der Waals surface area contributed by atoms with E-state index in [1.165, 1.54) is 30.0 Å². The summed E-state index contributed by atoms with van der Waals surface area (Å²) in [5.74, 6) is 0. The highest BCUT2D eigenvalue weighted by Gasteiger charge is 1.98. The SMILES string of the molecule is CCCCCNNc1cccc2ccccc12. The van der Waals surface area contributed by atoms with E-state index < -0.39 is 0 Å². The van der Waals surface area contributed by atoms with Gasteiger partial charge in [0.15, 0.2) is 0 Å². The number of fused-ring (bicyclic) bond motifs is 1. The summed E-state index contributed by atoms with van der Waals surface area (Å²) in [6, 6.07) is 14.7. The fourth-order valence-electron chi connectivity index (χ4n) is 1.96. The van der Waals surface area contributed by atoms with Crippen LogP contribution in [0.15, 0.2) is 42.5 Å². The number of hydrazine groups is 1. The summed E-state index contributed by atoms with van der Waals surface area (Å²) < 4.78 is 0. The number of hydrogen-bond acceptors (Lipinski definition) is 2. The number of anilines is 1. The summed E-state index contributed by atoms with van der Waals surface area (Å²) in [5, 5.41) is 2.53. The van der Waals surface area contributed by atoms with Crippen molar-refractivity contribution in [2.24, 2.45) is 0 Å². The van der Waals surface area contributed by atoms with Gasteiger partial charge in [0.2, 0.25) is 0 Å². The van der Waals surface area contributed by atoms with E-state index in [4.69, 9.17) is 0 Å². The smallest absolute Gasteiger partial charge is 0.0565 e. The van der Waals surface area contributed by atoms with E-state index in [-0.39, 0.29) is 0 Å². The minimum absolute atomic E-state index is 1.01. The first-order chi connectivity index (χ1) is 8.42. The molecule has 2 N–H and O–H groups in total. The van der Waals surface area contributed by atoms with Gasteiger partial charge in [0.25, 0.3) is 0 Å². The van der Waals surface area contributed by atoms with Crippen LogP contribution in [0, 0.1) is 0 Å². The predicted octanol–water partition coefficient (Wildman–Crippen LogP) is 3.95. The lowest BCUT2D eigenvalue weighted by Gasteiger charge is -2.10. The third-order valence-electron chi connectivity index (χ3n) is 2.92. The van der Waals surface area contributed by atoms with Crippen LogP contribution in [0.2, 0.25) is 0 Å². The molecule has 0 atom stereocenters. The van der Waals surface area contributed by atoms with Crippen LogP contribution in [-0.2, 0) is 0 Å². The average Bonchev–Trinajstić information content (AvgIpc) is 2.39. The van der Waals surface area contributed by atoms with E-state index in [0.29, 0.717) is 0 Å². The van der Waals surface area contributed by atoms with Crippen LogP contribution in [0.3, 0.4) is 0 Å². The van der Waals surface area contributed by atoms with Gasteiger partial charge >= 0.3 is 0 Å². The third kappa shape index (κ3) is 3.21. The van der Waals surface area contributed by atoms with E-state index in [2.05, 4.69) is 60.2 Å². The number of rotatable bonds is 6. The van der Waals surface area contributed by atoms with E-state index >= 15 is 0 Å². The molecule has 0 bridgehead atoms. The number of hydrogen-bond donors (Lipinski definition) is 2. The molecule has 0 spiro atoms. The first-order valence-electron chi connectivity index (χ1n) is 6.38. The highest BCUT2D eigenvalue weighted by atomic mass is 15.3. The van der Waals surface area contributed by atoms with Crippen molar-refractivity contribution in [2.75, 3.05) is 12.0 Å². The minimum Gasteiger partial charge on any atom is -0.321 e. The zero-order valence-electron chi connectivity index (χ0n) is 10.4. The molecule has 0 aliphatic heterocycles. The van der Waals surface area contributed by atoms with Gasteiger partial charge in [-0.25, -0.2) is 5.43 Å². The summed E-state index contributed by atoms with van der Waals surface area (Å²) in [4.78, 5) is 0. The van der Waals surface area contributed by atoms with Crippen molar-refractivity contribution in [2.45, 2.75) is 26.2 Å². The van der Waals surface area contributed by atoms with E-state index in [1.807, 2.05) is 0 Å². The Morgan fingerprint density at radius 2 is 1.76 bits per heavy atom. The second-order valence-corrected chi connectivity index (χ2v) is 4.29. The number of unbranched alkanes of at least 4 members (excludes halogenated alkanes) is 2. The Balaban J connectivity index is 1.98. The van der Waals surface area contributed by atoms with Gasteiger partial charge in [-0.15, -0.1) is 0 Å². The van der Waals surface area contributed by atoms with Gasteiger partial charge in [0, 0.05) is 11.9 Å². The largest absolute Gasteiger partial charge is 0.321 e. The quantitative estimate of drug-likeness (QED) is 0.578. The molecule has 0 amide bonds. The highest BCUT2D eigenvalue weighted by Crippen LogP contribution is 2.21. The first kappa shape index (κ1) is 11.9. The Hall–Kier alpha value is -1.54. The predicted molar refractivity (Wildman–Crippen MR) is 75.1 cm³/mol. The zero-order valence-corrected chi connectivity index (χ0v) is 10.4. The summed E-state index contributed by atoms with van der Waals surface area (Å²) >= 11 is 0. The second kappa shape index (κ2) is 6.26. The molecular formula is C15H20N2. The lowest BCUT2D eigenvalue weighted by Crippen LogP contribution is -2.22. The van der Waals surface area contributed by atoms with Gasteiger partial charge in [0.05, 0.1) is 5.69 Å². The molecule has 90 valence electrons. The molecule has 2 aromatic carbocycles. The van der Waals surface area contributed by atoms with Gasteiger partial charge in [-0.1, -0.05) is 56.2 Å². The van der Waals surface area contributed by atoms with E-state index in [0.717, 1.165) is 12.2 Å². The van der Waals surface area contributed by atoms with Gasteiger partial charge in [-0.3, -0.25) is 0 Å². The van der Waals surface area contributed by atoms with Gasteiger partial charge in [0.1, 0.15) is 0 Å². The molecule has 0 aliphatic rings. The van der Waals surface area contributed by atoms with Crippen LogP contribution >= 0.6 is 0 Å². The molecule has 0 saturated heterocycles. The fraction of sp³-hybridized carbons (Fsp3) is 0.333. The maximum Gasteiger partial charge on any atom is 0.0565 e. The van der Waals surface area contributed by atoms with Gasteiger partial charge in [-0.2, -0.15) is 0 Å². The fourth-order valence-corrected chi connectivity index (χ4v) is 1.96. The third-order valence-corrected chi connectivity index (χ3v) is 2.92. The molecular weight excluding hydrogens is 208 g/mol. The normalized spacial score (nSPS) is 10.6. The van der Waals surface area contributed by atoms with Crippen molar-refractivity contribution < 1.29 is 0 Å². The molecule has 2 rings (SSSR count).